The highest BCUT2D eigenvalue weighted by atomic mass is 16.5. The summed E-state index contributed by atoms with van der Waals surface area (Å²) >= 11 is 0. The molecule has 2 heteroatoms. The zero-order valence-electron chi connectivity index (χ0n) is 11.1. The van der Waals surface area contributed by atoms with E-state index < -0.39 is 0 Å². The zero-order chi connectivity index (χ0) is 13.5. The van der Waals surface area contributed by atoms with Crippen LogP contribution < -0.4 is 4.74 Å². The average molecular weight is 254 g/mol. The lowest BCUT2D eigenvalue weighted by atomic mass is 10.1. The fraction of sp³-hybridized carbons (Fsp3) is 0.235. The third-order valence-electron chi connectivity index (χ3n) is 3.00. The lowest BCUT2D eigenvalue weighted by Crippen LogP contribution is -2.01. The molecule has 0 saturated heterocycles. The summed E-state index contributed by atoms with van der Waals surface area (Å²) in [4.78, 5) is 10.8. The molecule has 0 amide bonds. The number of aldehydes is 1. The van der Waals surface area contributed by atoms with Crippen LogP contribution in [0.5, 0.6) is 5.75 Å². The Balaban J connectivity index is 1.82. The molecule has 0 fully saturated rings. The van der Waals surface area contributed by atoms with E-state index in [1.54, 1.807) is 6.07 Å². The van der Waals surface area contributed by atoms with Gasteiger partial charge in [-0.25, -0.2) is 0 Å². The Morgan fingerprint density at radius 2 is 1.95 bits per heavy atom. The molecule has 0 aliphatic heterocycles. The molecule has 0 aliphatic rings. The lowest BCUT2D eigenvalue weighted by Gasteiger charge is -2.08. The standard InChI is InChI=1S/C17H18O2/c1-14-6-4-7-15(12-14)8-5-11-19-17-10-3-2-9-16(17)13-18/h2-4,6-7,9-10,12-13H,5,8,11H2,1H3. The van der Waals surface area contributed by atoms with E-state index in [1.165, 1.54) is 11.1 Å². The van der Waals surface area contributed by atoms with Crippen molar-refractivity contribution in [3.8, 4) is 5.75 Å². The van der Waals surface area contributed by atoms with Crippen LogP contribution in [0.15, 0.2) is 48.5 Å². The molecule has 0 aliphatic carbocycles. The molecule has 98 valence electrons. The molecular formula is C17H18O2. The summed E-state index contributed by atoms with van der Waals surface area (Å²) in [7, 11) is 0. The molecule has 0 radical (unpaired) electrons. The van der Waals surface area contributed by atoms with Gasteiger partial charge >= 0.3 is 0 Å². The van der Waals surface area contributed by atoms with Gasteiger partial charge in [0.1, 0.15) is 5.75 Å². The van der Waals surface area contributed by atoms with Gasteiger partial charge in [-0.15, -0.1) is 0 Å². The molecule has 19 heavy (non-hydrogen) atoms. The molecule has 2 rings (SSSR count). The molecule has 0 N–H and O–H groups in total. The Morgan fingerprint density at radius 1 is 1.11 bits per heavy atom. The molecule has 0 saturated carbocycles. The highest BCUT2D eigenvalue weighted by molar-refractivity contribution is 5.79. The fourth-order valence-corrected chi connectivity index (χ4v) is 2.04. The van der Waals surface area contributed by atoms with Crippen LogP contribution in [0.2, 0.25) is 0 Å². The van der Waals surface area contributed by atoms with Gasteiger partial charge in [-0.2, -0.15) is 0 Å². The van der Waals surface area contributed by atoms with Gasteiger partial charge in [-0.3, -0.25) is 4.79 Å². The van der Waals surface area contributed by atoms with Crippen molar-refractivity contribution in [2.75, 3.05) is 6.61 Å². The fourth-order valence-electron chi connectivity index (χ4n) is 2.04. The summed E-state index contributed by atoms with van der Waals surface area (Å²) in [6.07, 6.45) is 2.76. The van der Waals surface area contributed by atoms with Crippen LogP contribution in [0.3, 0.4) is 0 Å². The van der Waals surface area contributed by atoms with Crippen LogP contribution in [-0.4, -0.2) is 12.9 Å². The number of carbonyl (C=O) groups is 1. The Hall–Kier alpha value is -2.09. The second-order valence-electron chi connectivity index (χ2n) is 4.60. The van der Waals surface area contributed by atoms with Crippen LogP contribution in [0.4, 0.5) is 0 Å². The maximum absolute atomic E-state index is 10.8. The first-order valence-corrected chi connectivity index (χ1v) is 6.52. The van der Waals surface area contributed by atoms with E-state index in [0.29, 0.717) is 17.9 Å². The van der Waals surface area contributed by atoms with Crippen LogP contribution >= 0.6 is 0 Å². The maximum Gasteiger partial charge on any atom is 0.153 e. The van der Waals surface area contributed by atoms with E-state index in [0.717, 1.165) is 19.1 Å². The summed E-state index contributed by atoms with van der Waals surface area (Å²) in [6, 6.07) is 15.8. The largest absolute Gasteiger partial charge is 0.493 e. The molecule has 2 aromatic rings. The van der Waals surface area contributed by atoms with Gasteiger partial charge in [0.05, 0.1) is 12.2 Å². The zero-order valence-corrected chi connectivity index (χ0v) is 11.1. The SMILES string of the molecule is Cc1cccc(CCCOc2ccccc2C=O)c1. The number of hydrogen-bond acceptors (Lipinski definition) is 2. The summed E-state index contributed by atoms with van der Waals surface area (Å²) in [6.45, 7) is 2.72. The van der Waals surface area contributed by atoms with E-state index in [9.17, 15) is 4.79 Å². The summed E-state index contributed by atoms with van der Waals surface area (Å²) in [5.74, 6) is 0.668. The van der Waals surface area contributed by atoms with Crippen molar-refractivity contribution >= 4 is 6.29 Å². The molecule has 0 spiro atoms. The second kappa shape index (κ2) is 6.74. The molecule has 0 unspecified atom stereocenters. The number of benzene rings is 2. The topological polar surface area (TPSA) is 26.3 Å². The van der Waals surface area contributed by atoms with Crippen LogP contribution in [-0.2, 0) is 6.42 Å². The van der Waals surface area contributed by atoms with E-state index >= 15 is 0 Å². The Labute approximate surface area is 114 Å². The summed E-state index contributed by atoms with van der Waals surface area (Å²) in [5, 5.41) is 0. The lowest BCUT2D eigenvalue weighted by molar-refractivity contribution is 0.111. The minimum absolute atomic E-state index is 0.609. The van der Waals surface area contributed by atoms with Gasteiger partial charge in [0.2, 0.25) is 0 Å². The summed E-state index contributed by atoms with van der Waals surface area (Å²) in [5.41, 5.74) is 3.22. The van der Waals surface area contributed by atoms with Gasteiger partial charge in [-0.05, 0) is 37.5 Å². The number of carbonyl (C=O) groups excluding carboxylic acids is 1. The second-order valence-corrected chi connectivity index (χ2v) is 4.60. The van der Waals surface area contributed by atoms with Crippen molar-refractivity contribution in [1.29, 1.82) is 0 Å². The molecule has 0 bridgehead atoms. The van der Waals surface area contributed by atoms with Crippen molar-refractivity contribution in [2.24, 2.45) is 0 Å². The maximum atomic E-state index is 10.8. The normalized spacial score (nSPS) is 10.2. The quantitative estimate of drug-likeness (QED) is 0.578. The highest BCUT2D eigenvalue weighted by Crippen LogP contribution is 2.16. The van der Waals surface area contributed by atoms with Gasteiger partial charge in [0, 0.05) is 0 Å². The monoisotopic (exact) mass is 254 g/mol. The number of para-hydroxylation sites is 1. The van der Waals surface area contributed by atoms with Gasteiger partial charge in [0.15, 0.2) is 6.29 Å². The first-order chi connectivity index (χ1) is 9.29. The van der Waals surface area contributed by atoms with Crippen LogP contribution in [0, 0.1) is 6.92 Å². The number of aryl methyl sites for hydroxylation is 2. The summed E-state index contributed by atoms with van der Waals surface area (Å²) < 4.78 is 5.65. The predicted octanol–water partition coefficient (Wildman–Crippen LogP) is 3.82. The Kier molecular flexibility index (Phi) is 4.73. The van der Waals surface area contributed by atoms with E-state index in [-0.39, 0.29) is 0 Å². The van der Waals surface area contributed by atoms with E-state index in [4.69, 9.17) is 4.74 Å². The number of hydrogen-bond donors (Lipinski definition) is 0. The van der Waals surface area contributed by atoms with E-state index in [1.807, 2.05) is 18.2 Å². The third kappa shape index (κ3) is 3.95. The Morgan fingerprint density at radius 3 is 2.74 bits per heavy atom. The number of rotatable bonds is 6. The van der Waals surface area contributed by atoms with Crippen molar-refractivity contribution in [3.05, 3.63) is 65.2 Å². The van der Waals surface area contributed by atoms with E-state index in [2.05, 4.69) is 31.2 Å². The average Bonchev–Trinajstić information content (AvgIpc) is 2.44. The van der Waals surface area contributed by atoms with Crippen molar-refractivity contribution < 1.29 is 9.53 Å². The minimum atomic E-state index is 0.609. The Bertz CT molecular complexity index is 546. The number of ether oxygens (including phenoxy) is 1. The van der Waals surface area contributed by atoms with Gasteiger partial charge in [0.25, 0.3) is 0 Å². The first-order valence-electron chi connectivity index (χ1n) is 6.52. The predicted molar refractivity (Wildman–Crippen MR) is 76.8 cm³/mol. The highest BCUT2D eigenvalue weighted by Gasteiger charge is 2.01. The van der Waals surface area contributed by atoms with Crippen LogP contribution in [0.1, 0.15) is 27.9 Å². The molecule has 0 aromatic heterocycles. The molecule has 2 aromatic carbocycles. The third-order valence-corrected chi connectivity index (χ3v) is 3.00. The van der Waals surface area contributed by atoms with Crippen molar-refractivity contribution in [1.82, 2.24) is 0 Å². The molecular weight excluding hydrogens is 236 g/mol. The molecule has 2 nitrogen and oxygen atoms in total. The minimum Gasteiger partial charge on any atom is -0.493 e. The van der Waals surface area contributed by atoms with Crippen LogP contribution in [0.25, 0.3) is 0 Å². The molecule has 0 atom stereocenters. The molecule has 0 heterocycles. The first kappa shape index (κ1) is 13.3. The smallest absolute Gasteiger partial charge is 0.153 e. The van der Waals surface area contributed by atoms with Gasteiger partial charge in [-0.1, -0.05) is 42.0 Å². The van der Waals surface area contributed by atoms with Crippen molar-refractivity contribution in [2.45, 2.75) is 19.8 Å². The van der Waals surface area contributed by atoms with Crippen molar-refractivity contribution in [3.63, 3.8) is 0 Å². The van der Waals surface area contributed by atoms with Gasteiger partial charge < -0.3 is 4.74 Å².